The number of aliphatic hydroxyl groups is 1. The first-order valence-electron chi connectivity index (χ1n) is 5.90. The summed E-state index contributed by atoms with van der Waals surface area (Å²) in [4.78, 5) is 12.5. The second-order valence-corrected chi connectivity index (χ2v) is 5.87. The molecular weight excluding hydrogens is 188 g/mol. The predicted molar refractivity (Wildman–Crippen MR) is 57.3 cm³/mol. The van der Waals surface area contributed by atoms with Crippen LogP contribution in [0.15, 0.2) is 11.6 Å². The molecule has 3 aliphatic carbocycles. The molecule has 0 aromatic rings. The van der Waals surface area contributed by atoms with Crippen LogP contribution in [0.3, 0.4) is 0 Å². The molecule has 2 bridgehead atoms. The molecule has 3 rings (SSSR count). The number of fused-ring (bicyclic) bond motifs is 1. The average molecular weight is 206 g/mol. The smallest absolute Gasteiger partial charge is 0.148 e. The van der Waals surface area contributed by atoms with Gasteiger partial charge in [0.15, 0.2) is 0 Å². The minimum atomic E-state index is -0.436. The summed E-state index contributed by atoms with van der Waals surface area (Å²) >= 11 is 0. The van der Waals surface area contributed by atoms with E-state index < -0.39 is 11.5 Å². The number of ketones is 1. The first-order chi connectivity index (χ1) is 7.01. The summed E-state index contributed by atoms with van der Waals surface area (Å²) in [6.45, 7) is 4.10. The first kappa shape index (κ1) is 9.59. The van der Waals surface area contributed by atoms with E-state index >= 15 is 0 Å². The van der Waals surface area contributed by atoms with Gasteiger partial charge in [0.1, 0.15) is 5.78 Å². The van der Waals surface area contributed by atoms with Crippen LogP contribution in [0.4, 0.5) is 0 Å². The van der Waals surface area contributed by atoms with Crippen LogP contribution < -0.4 is 0 Å². The van der Waals surface area contributed by atoms with Crippen molar-refractivity contribution >= 4 is 5.78 Å². The lowest BCUT2D eigenvalue weighted by Gasteiger charge is -2.39. The molecule has 4 unspecified atom stereocenters. The van der Waals surface area contributed by atoms with Crippen molar-refractivity contribution in [2.75, 3.05) is 0 Å². The van der Waals surface area contributed by atoms with Crippen LogP contribution >= 0.6 is 0 Å². The van der Waals surface area contributed by atoms with E-state index in [1.165, 1.54) is 5.57 Å². The van der Waals surface area contributed by atoms with Crippen molar-refractivity contribution in [3.8, 4) is 0 Å². The Morgan fingerprint density at radius 3 is 3.00 bits per heavy atom. The van der Waals surface area contributed by atoms with Gasteiger partial charge in [-0.05, 0) is 38.5 Å². The summed E-state index contributed by atoms with van der Waals surface area (Å²) in [6, 6.07) is 0. The van der Waals surface area contributed by atoms with E-state index in [0.29, 0.717) is 18.1 Å². The highest BCUT2D eigenvalue weighted by Gasteiger charge is 2.65. The van der Waals surface area contributed by atoms with E-state index in [0.717, 1.165) is 19.3 Å². The topological polar surface area (TPSA) is 37.3 Å². The second kappa shape index (κ2) is 2.54. The van der Waals surface area contributed by atoms with Crippen LogP contribution in [-0.4, -0.2) is 17.0 Å². The molecule has 2 heteroatoms. The molecule has 0 aromatic heterocycles. The number of hydrogen-bond acceptors (Lipinski definition) is 2. The maximum absolute atomic E-state index is 12.5. The standard InChI is InChI=1S/C13H18O2/c1-8-3-6-13-7-10(14)12(2,11(13)15)5-4-9(8)13/h3,9-10,14H,4-7H2,1-2H3. The number of aliphatic hydroxyl groups excluding tert-OH is 1. The van der Waals surface area contributed by atoms with Crippen molar-refractivity contribution in [3.63, 3.8) is 0 Å². The number of carbonyl (C=O) groups excluding carboxylic acids is 1. The molecule has 1 N–H and O–H groups in total. The highest BCUT2D eigenvalue weighted by Crippen LogP contribution is 2.63. The molecular formula is C13H18O2. The number of allylic oxidation sites excluding steroid dienone is 2. The van der Waals surface area contributed by atoms with Gasteiger partial charge in [-0.1, -0.05) is 18.6 Å². The van der Waals surface area contributed by atoms with Crippen molar-refractivity contribution in [1.82, 2.24) is 0 Å². The lowest BCUT2D eigenvalue weighted by Crippen LogP contribution is -2.43. The Balaban J connectivity index is 2.10. The highest BCUT2D eigenvalue weighted by molar-refractivity contribution is 5.95. The molecule has 2 fully saturated rings. The van der Waals surface area contributed by atoms with Crippen molar-refractivity contribution in [2.24, 2.45) is 16.7 Å². The Bertz CT molecular complexity index is 371. The fourth-order valence-electron chi connectivity index (χ4n) is 4.15. The van der Waals surface area contributed by atoms with Crippen molar-refractivity contribution in [3.05, 3.63) is 11.6 Å². The Kier molecular flexibility index (Phi) is 1.62. The van der Waals surface area contributed by atoms with Crippen molar-refractivity contribution in [1.29, 1.82) is 0 Å². The summed E-state index contributed by atoms with van der Waals surface area (Å²) in [7, 11) is 0. The molecule has 3 aliphatic rings. The largest absolute Gasteiger partial charge is 0.392 e. The Hall–Kier alpha value is -0.630. The third-order valence-corrected chi connectivity index (χ3v) is 5.22. The second-order valence-electron chi connectivity index (χ2n) is 5.87. The molecule has 1 spiro atoms. The van der Waals surface area contributed by atoms with Gasteiger partial charge in [0.2, 0.25) is 0 Å². The van der Waals surface area contributed by atoms with Gasteiger partial charge in [-0.2, -0.15) is 0 Å². The molecule has 2 nitrogen and oxygen atoms in total. The molecule has 0 amide bonds. The van der Waals surface area contributed by atoms with Crippen molar-refractivity contribution < 1.29 is 9.90 Å². The summed E-state index contributed by atoms with van der Waals surface area (Å²) in [5.41, 5.74) is 0.727. The number of hydrogen-bond donors (Lipinski definition) is 1. The minimum absolute atomic E-state index is 0.212. The molecule has 0 aliphatic heterocycles. The fraction of sp³-hybridized carbons (Fsp3) is 0.769. The van der Waals surface area contributed by atoms with Gasteiger partial charge in [-0.25, -0.2) is 0 Å². The first-order valence-corrected chi connectivity index (χ1v) is 5.90. The fourth-order valence-corrected chi connectivity index (χ4v) is 4.15. The van der Waals surface area contributed by atoms with Crippen LogP contribution in [-0.2, 0) is 4.79 Å². The average Bonchev–Trinajstić information content (AvgIpc) is 2.55. The van der Waals surface area contributed by atoms with Gasteiger partial charge in [0, 0.05) is 5.41 Å². The number of carbonyl (C=O) groups is 1. The van der Waals surface area contributed by atoms with Crippen LogP contribution in [0.1, 0.15) is 39.5 Å². The quantitative estimate of drug-likeness (QED) is 0.616. The van der Waals surface area contributed by atoms with E-state index in [1.54, 1.807) is 0 Å². The molecule has 2 saturated carbocycles. The third-order valence-electron chi connectivity index (χ3n) is 5.22. The predicted octanol–water partition coefficient (Wildman–Crippen LogP) is 2.07. The lowest BCUT2D eigenvalue weighted by molar-refractivity contribution is -0.140. The Labute approximate surface area is 90.4 Å². The summed E-state index contributed by atoms with van der Waals surface area (Å²) < 4.78 is 0. The van der Waals surface area contributed by atoms with Gasteiger partial charge < -0.3 is 5.11 Å². The molecule has 0 heterocycles. The molecule has 15 heavy (non-hydrogen) atoms. The van der Waals surface area contributed by atoms with E-state index in [4.69, 9.17) is 0 Å². The minimum Gasteiger partial charge on any atom is -0.392 e. The maximum atomic E-state index is 12.5. The highest BCUT2D eigenvalue weighted by atomic mass is 16.3. The molecule has 0 radical (unpaired) electrons. The monoisotopic (exact) mass is 206 g/mol. The van der Waals surface area contributed by atoms with Gasteiger partial charge in [-0.15, -0.1) is 0 Å². The zero-order chi connectivity index (χ0) is 10.8. The normalized spacial score (nSPS) is 53.0. The van der Waals surface area contributed by atoms with E-state index in [1.807, 2.05) is 6.92 Å². The molecule has 82 valence electrons. The Morgan fingerprint density at radius 1 is 1.53 bits per heavy atom. The summed E-state index contributed by atoms with van der Waals surface area (Å²) in [5.74, 6) is 0.766. The summed E-state index contributed by atoms with van der Waals surface area (Å²) in [6.07, 6.45) is 5.32. The zero-order valence-corrected chi connectivity index (χ0v) is 9.42. The number of rotatable bonds is 0. The van der Waals surface area contributed by atoms with E-state index in [2.05, 4.69) is 13.0 Å². The SMILES string of the molecule is CC1=CCC23CC(O)C(C)(CCC12)C3=O. The van der Waals surface area contributed by atoms with Gasteiger partial charge in [0.25, 0.3) is 0 Å². The molecule has 0 saturated heterocycles. The van der Waals surface area contributed by atoms with E-state index in [-0.39, 0.29) is 5.41 Å². The summed E-state index contributed by atoms with van der Waals surface area (Å²) in [5, 5.41) is 10.1. The third kappa shape index (κ3) is 0.878. The molecule has 4 atom stereocenters. The van der Waals surface area contributed by atoms with Crippen molar-refractivity contribution in [2.45, 2.75) is 45.6 Å². The zero-order valence-electron chi connectivity index (χ0n) is 9.42. The number of Topliss-reactive ketones (excluding diaryl/α,β-unsaturated/α-hetero) is 1. The molecule has 0 aromatic carbocycles. The van der Waals surface area contributed by atoms with Gasteiger partial charge in [-0.3, -0.25) is 4.79 Å². The van der Waals surface area contributed by atoms with Crippen LogP contribution in [0.5, 0.6) is 0 Å². The van der Waals surface area contributed by atoms with Crippen LogP contribution in [0, 0.1) is 16.7 Å². The Morgan fingerprint density at radius 2 is 2.27 bits per heavy atom. The van der Waals surface area contributed by atoms with Gasteiger partial charge in [0.05, 0.1) is 11.5 Å². The van der Waals surface area contributed by atoms with Crippen LogP contribution in [0.25, 0.3) is 0 Å². The van der Waals surface area contributed by atoms with Crippen LogP contribution in [0.2, 0.25) is 0 Å². The van der Waals surface area contributed by atoms with E-state index in [9.17, 15) is 9.90 Å². The maximum Gasteiger partial charge on any atom is 0.148 e. The van der Waals surface area contributed by atoms with Gasteiger partial charge >= 0.3 is 0 Å². The lowest BCUT2D eigenvalue weighted by atomic mass is 9.62.